The van der Waals surface area contributed by atoms with Crippen LogP contribution in [-0.4, -0.2) is 0 Å². The van der Waals surface area contributed by atoms with E-state index < -0.39 is 23.5 Å². The fourth-order valence-electron chi connectivity index (χ4n) is 2.37. The molecule has 0 spiro atoms. The van der Waals surface area contributed by atoms with E-state index in [2.05, 4.69) is 6.58 Å². The second-order valence-electron chi connectivity index (χ2n) is 5.83. The van der Waals surface area contributed by atoms with Gasteiger partial charge in [0.15, 0.2) is 0 Å². The Morgan fingerprint density at radius 2 is 1.11 bits per heavy atom. The summed E-state index contributed by atoms with van der Waals surface area (Å²) in [6.07, 6.45) is -3.97. The molecular weight excluding hydrogens is 366 g/mol. The van der Waals surface area contributed by atoms with Crippen LogP contribution in [0.25, 0.3) is 11.1 Å². The Labute approximate surface area is 153 Å². The molecule has 2 aromatic carbocycles. The van der Waals surface area contributed by atoms with Crippen LogP contribution in [0.3, 0.4) is 0 Å². The van der Waals surface area contributed by atoms with E-state index in [1.54, 1.807) is 19.1 Å². The van der Waals surface area contributed by atoms with Crippen LogP contribution in [0.15, 0.2) is 73.3 Å². The van der Waals surface area contributed by atoms with Crippen LogP contribution in [0.5, 0.6) is 0 Å². The van der Waals surface area contributed by atoms with E-state index in [-0.39, 0.29) is 0 Å². The molecule has 0 fully saturated rings. The molecule has 0 bridgehead atoms. The van der Waals surface area contributed by atoms with Crippen LogP contribution in [-0.2, 0) is 12.4 Å². The summed E-state index contributed by atoms with van der Waals surface area (Å²) in [4.78, 5) is 0. The SMILES string of the molecule is C=C/C(=C\C=C(/C)c1ccc(C(F)(F)F)cc1)c1ccc(C(F)(F)F)cc1. The lowest BCUT2D eigenvalue weighted by atomic mass is 10.0. The van der Waals surface area contributed by atoms with Crippen molar-refractivity contribution in [1.82, 2.24) is 0 Å². The quantitative estimate of drug-likeness (QED) is 0.382. The molecule has 0 aliphatic rings. The third-order valence-electron chi connectivity index (χ3n) is 3.95. The molecule has 0 unspecified atom stereocenters. The van der Waals surface area contributed by atoms with Crippen molar-refractivity contribution >= 4 is 11.1 Å². The molecule has 0 nitrogen and oxygen atoms in total. The van der Waals surface area contributed by atoms with Gasteiger partial charge in [0.1, 0.15) is 0 Å². The summed E-state index contributed by atoms with van der Waals surface area (Å²) in [5, 5.41) is 0. The fourth-order valence-corrected chi connectivity index (χ4v) is 2.37. The Kier molecular flexibility index (Phi) is 5.98. The predicted octanol–water partition coefficient (Wildman–Crippen LogP) is 7.40. The van der Waals surface area contributed by atoms with Gasteiger partial charge >= 0.3 is 12.4 Å². The van der Waals surface area contributed by atoms with E-state index in [9.17, 15) is 26.3 Å². The number of hydrogen-bond acceptors (Lipinski definition) is 0. The molecule has 0 aromatic heterocycles. The highest BCUT2D eigenvalue weighted by Gasteiger charge is 2.30. The normalized spacial score (nSPS) is 13.6. The Hall–Kier alpha value is -2.76. The third kappa shape index (κ3) is 5.36. The highest BCUT2D eigenvalue weighted by Crippen LogP contribution is 2.31. The van der Waals surface area contributed by atoms with E-state index in [0.29, 0.717) is 22.3 Å². The van der Waals surface area contributed by atoms with E-state index in [0.717, 1.165) is 24.3 Å². The standard InChI is InChI=1S/C21H16F6/c1-3-15(17-8-12-19(13-9-17)21(25,26)27)5-4-14(2)16-6-10-18(11-7-16)20(22,23)24/h3-13H,1H2,2H3/b14-4+,15-5+. The zero-order valence-electron chi connectivity index (χ0n) is 14.3. The zero-order valence-corrected chi connectivity index (χ0v) is 14.3. The summed E-state index contributed by atoms with van der Waals surface area (Å²) >= 11 is 0. The Morgan fingerprint density at radius 3 is 1.48 bits per heavy atom. The molecule has 0 amide bonds. The third-order valence-corrected chi connectivity index (χ3v) is 3.95. The smallest absolute Gasteiger partial charge is 0.166 e. The second-order valence-corrected chi connectivity index (χ2v) is 5.83. The summed E-state index contributed by atoms with van der Waals surface area (Å²) in [6, 6.07) is 9.40. The summed E-state index contributed by atoms with van der Waals surface area (Å²) < 4.78 is 75.7. The largest absolute Gasteiger partial charge is 0.416 e. The first-order valence-electron chi connectivity index (χ1n) is 7.88. The van der Waals surface area contributed by atoms with E-state index in [1.165, 1.54) is 30.3 Å². The van der Waals surface area contributed by atoms with Gasteiger partial charge in [-0.25, -0.2) is 0 Å². The lowest BCUT2D eigenvalue weighted by Gasteiger charge is -2.09. The predicted molar refractivity (Wildman–Crippen MR) is 94.7 cm³/mol. The minimum Gasteiger partial charge on any atom is -0.166 e. The van der Waals surface area contributed by atoms with Crippen molar-refractivity contribution in [3.05, 3.63) is 95.6 Å². The molecule has 0 saturated carbocycles. The minimum atomic E-state index is -4.41. The maximum absolute atomic E-state index is 12.6. The van der Waals surface area contributed by atoms with E-state index in [1.807, 2.05) is 0 Å². The number of benzene rings is 2. The van der Waals surface area contributed by atoms with Gasteiger partial charge in [-0.05, 0) is 53.5 Å². The van der Waals surface area contributed by atoms with Crippen molar-refractivity contribution in [2.45, 2.75) is 19.3 Å². The van der Waals surface area contributed by atoms with Gasteiger partial charge < -0.3 is 0 Å². The van der Waals surface area contributed by atoms with Crippen molar-refractivity contribution in [3.8, 4) is 0 Å². The summed E-state index contributed by atoms with van der Waals surface area (Å²) in [5.41, 5.74) is 0.979. The highest BCUT2D eigenvalue weighted by molar-refractivity contribution is 5.77. The van der Waals surface area contributed by atoms with Gasteiger partial charge in [-0.2, -0.15) is 26.3 Å². The van der Waals surface area contributed by atoms with Gasteiger partial charge in [0.2, 0.25) is 0 Å². The summed E-state index contributed by atoms with van der Waals surface area (Å²) in [7, 11) is 0. The first-order chi connectivity index (χ1) is 12.5. The second kappa shape index (κ2) is 7.86. The van der Waals surface area contributed by atoms with Crippen molar-refractivity contribution in [3.63, 3.8) is 0 Å². The van der Waals surface area contributed by atoms with Crippen molar-refractivity contribution < 1.29 is 26.3 Å². The van der Waals surface area contributed by atoms with Gasteiger partial charge in [0.05, 0.1) is 11.1 Å². The number of rotatable bonds is 4. The summed E-state index contributed by atoms with van der Waals surface area (Å²) in [6.45, 7) is 5.38. The molecule has 2 rings (SSSR count). The number of alkyl halides is 6. The molecule has 0 heterocycles. The van der Waals surface area contributed by atoms with Crippen LogP contribution in [0.1, 0.15) is 29.2 Å². The van der Waals surface area contributed by atoms with Crippen LogP contribution >= 0.6 is 0 Å². The topological polar surface area (TPSA) is 0 Å². The lowest BCUT2D eigenvalue weighted by Crippen LogP contribution is -2.04. The van der Waals surface area contributed by atoms with Crippen LogP contribution in [0.2, 0.25) is 0 Å². The average molecular weight is 382 g/mol. The average Bonchev–Trinajstić information content (AvgIpc) is 2.61. The molecule has 0 saturated heterocycles. The number of halogens is 6. The first kappa shape index (κ1) is 20.6. The molecule has 0 atom stereocenters. The molecular formula is C21H16F6. The Morgan fingerprint density at radius 1 is 0.704 bits per heavy atom. The maximum atomic E-state index is 12.6. The molecule has 27 heavy (non-hydrogen) atoms. The molecule has 0 N–H and O–H groups in total. The van der Waals surface area contributed by atoms with Crippen molar-refractivity contribution in [2.24, 2.45) is 0 Å². The highest BCUT2D eigenvalue weighted by atomic mass is 19.4. The molecule has 6 heteroatoms. The van der Waals surface area contributed by atoms with E-state index in [4.69, 9.17) is 0 Å². The van der Waals surface area contributed by atoms with Gasteiger partial charge in [-0.15, -0.1) is 0 Å². The first-order valence-corrected chi connectivity index (χ1v) is 7.88. The minimum absolute atomic E-state index is 0.550. The van der Waals surface area contributed by atoms with Crippen molar-refractivity contribution in [2.75, 3.05) is 0 Å². The molecule has 2 aromatic rings. The van der Waals surface area contributed by atoms with Gasteiger partial charge in [0.25, 0.3) is 0 Å². The molecule has 142 valence electrons. The Bertz CT molecular complexity index is 848. The Balaban J connectivity index is 2.25. The van der Waals surface area contributed by atoms with E-state index >= 15 is 0 Å². The van der Waals surface area contributed by atoms with Crippen LogP contribution < -0.4 is 0 Å². The van der Waals surface area contributed by atoms with Crippen molar-refractivity contribution in [1.29, 1.82) is 0 Å². The number of allylic oxidation sites excluding steroid dienone is 5. The molecule has 0 radical (unpaired) electrons. The van der Waals surface area contributed by atoms with Gasteiger partial charge in [-0.3, -0.25) is 0 Å². The summed E-state index contributed by atoms with van der Waals surface area (Å²) in [5.74, 6) is 0. The lowest BCUT2D eigenvalue weighted by molar-refractivity contribution is -0.138. The molecule has 0 aliphatic carbocycles. The zero-order chi connectivity index (χ0) is 20.2. The van der Waals surface area contributed by atoms with Gasteiger partial charge in [0, 0.05) is 0 Å². The van der Waals surface area contributed by atoms with Crippen LogP contribution in [0.4, 0.5) is 26.3 Å². The molecule has 0 aliphatic heterocycles. The van der Waals surface area contributed by atoms with Crippen LogP contribution in [0, 0.1) is 0 Å². The van der Waals surface area contributed by atoms with Gasteiger partial charge in [-0.1, -0.05) is 49.1 Å². The fraction of sp³-hybridized carbons (Fsp3) is 0.143. The monoisotopic (exact) mass is 382 g/mol. The number of hydrogen-bond donors (Lipinski definition) is 0. The maximum Gasteiger partial charge on any atom is 0.416 e.